The molecule has 0 saturated carbocycles. The second-order valence-corrected chi connectivity index (χ2v) is 2.75. The van der Waals surface area contributed by atoms with Gasteiger partial charge in [0.2, 0.25) is 0 Å². The van der Waals surface area contributed by atoms with Crippen LogP contribution in [-0.2, 0) is 39.0 Å². The number of carboxylic acids is 1. The second-order valence-electron chi connectivity index (χ2n) is 2.75. The molecule has 0 amide bonds. The molecule has 0 unspecified atom stereocenters. The summed E-state index contributed by atoms with van der Waals surface area (Å²) in [4.78, 5) is 10.8. The molecule has 0 saturated heterocycles. The minimum absolute atomic E-state index is 0. The van der Waals surface area contributed by atoms with Crippen LogP contribution in [0.3, 0.4) is 0 Å². The second kappa shape index (κ2) is 6.10. The molecule has 0 aliphatic rings. The first kappa shape index (κ1) is 14.4. The van der Waals surface area contributed by atoms with Crippen molar-refractivity contribution in [1.29, 1.82) is 0 Å². The summed E-state index contributed by atoms with van der Waals surface area (Å²) in [6, 6.07) is 13.5. The summed E-state index contributed by atoms with van der Waals surface area (Å²) in [5, 5.41) is 10.4. The molecular formula is C11H7O2Zn2-. The molecule has 4 heteroatoms. The fourth-order valence-electron chi connectivity index (χ4n) is 1.33. The largest absolute Gasteiger partial charge is 0.485 e. The summed E-state index contributed by atoms with van der Waals surface area (Å²) >= 11 is 0. The predicted molar refractivity (Wildman–Crippen MR) is 49.7 cm³/mol. The summed E-state index contributed by atoms with van der Waals surface area (Å²) < 4.78 is 0. The molecule has 0 heterocycles. The summed E-state index contributed by atoms with van der Waals surface area (Å²) in [7, 11) is 0. The molecular weight excluding hydrogens is 295 g/mol. The normalized spacial score (nSPS) is 8.80. The summed E-state index contributed by atoms with van der Waals surface area (Å²) in [5.74, 6) is -0.909. The summed E-state index contributed by atoms with van der Waals surface area (Å²) in [6.45, 7) is 0. The van der Waals surface area contributed by atoms with Gasteiger partial charge in [-0.2, -0.15) is 0 Å². The summed E-state index contributed by atoms with van der Waals surface area (Å²) in [6.07, 6.45) is 0. The van der Waals surface area contributed by atoms with Crippen LogP contribution in [0.2, 0.25) is 0 Å². The van der Waals surface area contributed by atoms with Gasteiger partial charge >= 0.3 is 0 Å². The molecule has 0 radical (unpaired) electrons. The molecule has 0 bridgehead atoms. The molecule has 0 atom stereocenters. The third-order valence-electron chi connectivity index (χ3n) is 1.93. The number of hydrogen-bond acceptors (Lipinski definition) is 1. The van der Waals surface area contributed by atoms with Crippen molar-refractivity contribution in [3.05, 3.63) is 48.0 Å². The van der Waals surface area contributed by atoms with Crippen LogP contribution >= 0.6 is 0 Å². The molecule has 0 spiro atoms. The van der Waals surface area contributed by atoms with Gasteiger partial charge in [-0.25, -0.2) is 0 Å². The number of carbonyl (C=O) groups is 1. The van der Waals surface area contributed by atoms with E-state index in [2.05, 4.69) is 6.07 Å². The average Bonchev–Trinajstić information content (AvgIpc) is 2.17. The number of rotatable bonds is 1. The Hall–Kier alpha value is -0.583. The first-order chi connectivity index (χ1) is 6.29. The van der Waals surface area contributed by atoms with Gasteiger partial charge in [-0.05, 0) is 5.56 Å². The van der Waals surface area contributed by atoms with Crippen molar-refractivity contribution >= 4 is 16.7 Å². The smallest absolute Gasteiger partial charge is 0.293 e. The molecule has 0 aliphatic heterocycles. The Morgan fingerprint density at radius 3 is 2.47 bits per heavy atom. The predicted octanol–water partition coefficient (Wildman–Crippen LogP) is 2.33. The summed E-state index contributed by atoms with van der Waals surface area (Å²) in [5.41, 5.74) is 0.304. The molecule has 0 aromatic heterocycles. The number of hydrogen-bond donors (Lipinski definition) is 1. The molecule has 2 nitrogen and oxygen atoms in total. The van der Waals surface area contributed by atoms with Crippen LogP contribution in [0.4, 0.5) is 0 Å². The Labute approximate surface area is 113 Å². The molecule has 1 N–H and O–H groups in total. The number of benzene rings is 2. The van der Waals surface area contributed by atoms with E-state index in [9.17, 15) is 4.79 Å². The van der Waals surface area contributed by atoms with E-state index in [1.54, 1.807) is 18.2 Å². The number of carboxylic acid groups (broad SMARTS) is 1. The molecule has 68 valence electrons. The van der Waals surface area contributed by atoms with Crippen molar-refractivity contribution in [3.63, 3.8) is 0 Å². The zero-order valence-electron chi connectivity index (χ0n) is 8.23. The fraction of sp³-hybridized carbons (Fsp3) is 0. The van der Waals surface area contributed by atoms with Crippen LogP contribution in [-0.4, -0.2) is 11.1 Å². The Kier molecular flexibility index (Phi) is 5.86. The van der Waals surface area contributed by atoms with E-state index in [0.717, 1.165) is 5.39 Å². The van der Waals surface area contributed by atoms with Gasteiger partial charge in [0, 0.05) is 39.0 Å². The first-order valence-electron chi connectivity index (χ1n) is 3.92. The zero-order valence-corrected chi connectivity index (χ0v) is 14.2. The maximum atomic E-state index is 10.8. The number of aromatic carboxylic acids is 1. The molecule has 15 heavy (non-hydrogen) atoms. The van der Waals surface area contributed by atoms with Gasteiger partial charge in [0.1, 0.15) is 0 Å². The maximum Gasteiger partial charge on any atom is 0.293 e. The van der Waals surface area contributed by atoms with Crippen molar-refractivity contribution in [2.24, 2.45) is 0 Å². The van der Waals surface area contributed by atoms with E-state index in [-0.39, 0.29) is 39.0 Å². The molecule has 2 aromatic carbocycles. The van der Waals surface area contributed by atoms with Gasteiger partial charge < -0.3 is 5.11 Å². The fourth-order valence-corrected chi connectivity index (χ4v) is 1.33. The van der Waals surface area contributed by atoms with Crippen LogP contribution in [0, 0.1) is 6.07 Å². The van der Waals surface area contributed by atoms with Gasteiger partial charge in [0.25, 0.3) is 5.97 Å². The van der Waals surface area contributed by atoms with Gasteiger partial charge in [-0.15, -0.1) is 35.0 Å². The van der Waals surface area contributed by atoms with Gasteiger partial charge in [0.05, 0.1) is 0 Å². The standard InChI is InChI=1S/C11H7O2.2Zn/c12-11(13)10-7-3-5-8-4-1-2-6-9(8)10;;/h1-5,7H,(H,12,13);;/q-1;;. The topological polar surface area (TPSA) is 37.3 Å². The van der Waals surface area contributed by atoms with E-state index in [1.165, 1.54) is 0 Å². The minimum Gasteiger partial charge on any atom is -0.485 e. The van der Waals surface area contributed by atoms with E-state index in [0.29, 0.717) is 10.9 Å². The first-order valence-corrected chi connectivity index (χ1v) is 3.92. The van der Waals surface area contributed by atoms with Crippen LogP contribution in [0.25, 0.3) is 10.8 Å². The van der Waals surface area contributed by atoms with Crippen molar-refractivity contribution in [1.82, 2.24) is 0 Å². The quantitative estimate of drug-likeness (QED) is 0.648. The monoisotopic (exact) mass is 299 g/mol. The Morgan fingerprint density at radius 1 is 1.13 bits per heavy atom. The SMILES string of the molecule is O=C(O)c1cccc2ccc[c-]c12.[Zn].[Zn]. The van der Waals surface area contributed by atoms with E-state index in [1.807, 2.05) is 18.2 Å². The van der Waals surface area contributed by atoms with Crippen molar-refractivity contribution in [2.45, 2.75) is 0 Å². The van der Waals surface area contributed by atoms with Crippen LogP contribution in [0.15, 0.2) is 36.4 Å². The third-order valence-corrected chi connectivity index (χ3v) is 1.93. The maximum absolute atomic E-state index is 10.8. The van der Waals surface area contributed by atoms with Crippen molar-refractivity contribution in [2.75, 3.05) is 0 Å². The van der Waals surface area contributed by atoms with Crippen LogP contribution < -0.4 is 0 Å². The van der Waals surface area contributed by atoms with Crippen molar-refractivity contribution < 1.29 is 48.9 Å². The average molecular weight is 302 g/mol. The molecule has 0 aliphatic carbocycles. The van der Waals surface area contributed by atoms with Crippen LogP contribution in [0.1, 0.15) is 10.4 Å². The Balaban J connectivity index is 0.000000980. The third kappa shape index (κ3) is 2.93. The minimum atomic E-state index is -0.909. The van der Waals surface area contributed by atoms with Crippen LogP contribution in [0.5, 0.6) is 0 Å². The van der Waals surface area contributed by atoms with Crippen molar-refractivity contribution in [3.8, 4) is 0 Å². The van der Waals surface area contributed by atoms with E-state index in [4.69, 9.17) is 5.11 Å². The number of fused-ring (bicyclic) bond motifs is 1. The molecule has 2 rings (SSSR count). The molecule has 0 fully saturated rings. The zero-order chi connectivity index (χ0) is 9.26. The van der Waals surface area contributed by atoms with Gasteiger partial charge in [-0.1, -0.05) is 18.2 Å². The van der Waals surface area contributed by atoms with E-state index < -0.39 is 5.97 Å². The van der Waals surface area contributed by atoms with Gasteiger partial charge in [-0.3, -0.25) is 4.79 Å². The van der Waals surface area contributed by atoms with E-state index >= 15 is 0 Å². The molecule has 2 aromatic rings. The van der Waals surface area contributed by atoms with Gasteiger partial charge in [0.15, 0.2) is 0 Å². The Morgan fingerprint density at radius 2 is 1.80 bits per heavy atom. The Bertz CT molecular complexity index is 464.